The number of hydrogen-bond acceptors (Lipinski definition) is 5. The van der Waals surface area contributed by atoms with Crippen LogP contribution in [-0.2, 0) is 10.1 Å². The Morgan fingerprint density at radius 3 is 2.12 bits per heavy atom. The summed E-state index contributed by atoms with van der Waals surface area (Å²) in [4.78, 5) is -0.568. The number of aryl methyl sites for hydroxylation is 1. The first-order valence-corrected chi connectivity index (χ1v) is 8.22. The van der Waals surface area contributed by atoms with Gasteiger partial charge < -0.3 is 4.18 Å². The molecular formula is C15H7F5N2O3S. The zero-order valence-electron chi connectivity index (χ0n) is 12.7. The minimum Gasteiger partial charge on any atom is -0.372 e. The van der Waals surface area contributed by atoms with Crippen LogP contribution in [0.1, 0.15) is 5.69 Å². The zero-order chi connectivity index (χ0) is 19.2. The summed E-state index contributed by atoms with van der Waals surface area (Å²) in [5.74, 6) is -13.8. The summed E-state index contributed by atoms with van der Waals surface area (Å²) in [6.45, 7) is 1.62. The maximum atomic E-state index is 13.6. The molecule has 0 amide bonds. The van der Waals surface area contributed by atoms with Crippen molar-refractivity contribution < 1.29 is 34.6 Å². The molecule has 5 nitrogen and oxygen atoms in total. The van der Waals surface area contributed by atoms with Crippen molar-refractivity contribution in [1.29, 1.82) is 0 Å². The van der Waals surface area contributed by atoms with Crippen LogP contribution in [0.15, 0.2) is 29.3 Å². The van der Waals surface area contributed by atoms with Crippen LogP contribution in [0.2, 0.25) is 0 Å². The maximum absolute atomic E-state index is 13.6. The van der Waals surface area contributed by atoms with Crippen molar-refractivity contribution in [3.05, 3.63) is 59.2 Å². The summed E-state index contributed by atoms with van der Waals surface area (Å²) in [5.41, 5.74) is 0.493. The van der Waals surface area contributed by atoms with Crippen LogP contribution in [0.3, 0.4) is 0 Å². The first-order valence-electron chi connectivity index (χ1n) is 6.81. The fourth-order valence-corrected chi connectivity index (χ4v) is 3.15. The Labute approximate surface area is 143 Å². The molecule has 0 aliphatic rings. The number of nitrogens with zero attached hydrogens (tertiary/aromatic N) is 2. The van der Waals surface area contributed by atoms with Crippen molar-refractivity contribution in [1.82, 2.24) is 10.2 Å². The molecule has 0 radical (unpaired) electrons. The van der Waals surface area contributed by atoms with Crippen LogP contribution in [0.4, 0.5) is 22.0 Å². The first-order chi connectivity index (χ1) is 12.1. The van der Waals surface area contributed by atoms with Gasteiger partial charge in [0.1, 0.15) is 4.90 Å². The second-order valence-corrected chi connectivity index (χ2v) is 6.66. The lowest BCUT2D eigenvalue weighted by molar-refractivity contribution is 0.346. The fourth-order valence-electron chi connectivity index (χ4n) is 2.18. The number of fused-ring (bicyclic) bond motifs is 1. The van der Waals surface area contributed by atoms with Gasteiger partial charge in [-0.25, -0.2) is 13.2 Å². The van der Waals surface area contributed by atoms with E-state index in [2.05, 4.69) is 14.4 Å². The maximum Gasteiger partial charge on any atom is 0.339 e. The number of benzene rings is 2. The van der Waals surface area contributed by atoms with Gasteiger partial charge in [0.05, 0.1) is 11.9 Å². The molecule has 0 saturated carbocycles. The largest absolute Gasteiger partial charge is 0.372 e. The van der Waals surface area contributed by atoms with E-state index in [1.54, 1.807) is 6.92 Å². The second kappa shape index (κ2) is 6.16. The molecule has 3 aromatic rings. The van der Waals surface area contributed by atoms with E-state index in [0.29, 0.717) is 16.5 Å². The Hall–Kier alpha value is -2.82. The molecule has 1 aromatic heterocycles. The third kappa shape index (κ3) is 2.83. The molecule has 0 aliphatic carbocycles. The molecule has 0 atom stereocenters. The van der Waals surface area contributed by atoms with Crippen molar-refractivity contribution in [3.63, 3.8) is 0 Å². The molecule has 0 bridgehead atoms. The number of hydrogen-bond donors (Lipinski definition) is 0. The van der Waals surface area contributed by atoms with Crippen LogP contribution in [0.5, 0.6) is 5.75 Å². The van der Waals surface area contributed by atoms with Gasteiger partial charge >= 0.3 is 10.1 Å². The molecule has 0 spiro atoms. The fraction of sp³-hybridized carbons (Fsp3) is 0.0667. The van der Waals surface area contributed by atoms with Crippen molar-refractivity contribution in [2.24, 2.45) is 0 Å². The molecule has 136 valence electrons. The molecule has 0 aliphatic heterocycles. The van der Waals surface area contributed by atoms with E-state index in [9.17, 15) is 30.4 Å². The van der Waals surface area contributed by atoms with Crippen LogP contribution >= 0.6 is 0 Å². The third-order valence-corrected chi connectivity index (χ3v) is 4.69. The lowest BCUT2D eigenvalue weighted by Gasteiger charge is -2.11. The van der Waals surface area contributed by atoms with Gasteiger partial charge in [-0.1, -0.05) is 6.07 Å². The Morgan fingerprint density at radius 1 is 0.923 bits per heavy atom. The van der Waals surface area contributed by atoms with E-state index in [4.69, 9.17) is 0 Å². The first kappa shape index (κ1) is 18.0. The minimum atomic E-state index is -4.89. The summed E-state index contributed by atoms with van der Waals surface area (Å²) in [7, 11) is -4.89. The average molecular weight is 390 g/mol. The molecule has 26 heavy (non-hydrogen) atoms. The third-order valence-electron chi connectivity index (χ3n) is 3.47. The Morgan fingerprint density at radius 2 is 1.50 bits per heavy atom. The molecule has 3 rings (SSSR count). The average Bonchev–Trinajstić information content (AvgIpc) is 2.62. The summed E-state index contributed by atoms with van der Waals surface area (Å²) < 4.78 is 95.2. The number of halogens is 5. The minimum absolute atomic E-state index is 0.319. The molecule has 0 saturated heterocycles. The lowest BCUT2D eigenvalue weighted by atomic mass is 10.1. The Bertz CT molecular complexity index is 1120. The highest BCUT2D eigenvalue weighted by atomic mass is 32.2. The van der Waals surface area contributed by atoms with Crippen molar-refractivity contribution in [3.8, 4) is 5.75 Å². The van der Waals surface area contributed by atoms with E-state index in [-0.39, 0.29) is 0 Å². The highest BCUT2D eigenvalue weighted by Gasteiger charge is 2.31. The Balaban J connectivity index is 2.11. The van der Waals surface area contributed by atoms with Crippen molar-refractivity contribution in [2.75, 3.05) is 0 Å². The van der Waals surface area contributed by atoms with Gasteiger partial charge in [0, 0.05) is 10.8 Å². The van der Waals surface area contributed by atoms with E-state index in [1.807, 2.05) is 0 Å². The summed E-state index contributed by atoms with van der Waals surface area (Å²) in [6, 6.07) is 3.45. The predicted molar refractivity (Wildman–Crippen MR) is 78.3 cm³/mol. The monoisotopic (exact) mass is 390 g/mol. The van der Waals surface area contributed by atoms with Gasteiger partial charge in [0.2, 0.25) is 34.8 Å². The van der Waals surface area contributed by atoms with Crippen molar-refractivity contribution in [2.45, 2.75) is 11.8 Å². The SMILES string of the molecule is Cc1nncc2cc(S(=O)(=O)Oc3c(F)c(F)c(F)c(F)c3F)ccc12. The standard InChI is InChI=1S/C15H7F5N2O3S/c1-6-9-3-2-8(4-7(9)5-21-22-6)26(23,24)25-15-13(19)11(17)10(16)12(18)14(15)20/h2-5H,1H3. The summed E-state index contributed by atoms with van der Waals surface area (Å²) >= 11 is 0. The van der Waals surface area contributed by atoms with Gasteiger partial charge in [-0.15, -0.1) is 0 Å². The van der Waals surface area contributed by atoms with Crippen LogP contribution < -0.4 is 4.18 Å². The van der Waals surface area contributed by atoms with Gasteiger partial charge in [-0.3, -0.25) is 0 Å². The highest BCUT2D eigenvalue weighted by Crippen LogP contribution is 2.32. The number of rotatable bonds is 3. The van der Waals surface area contributed by atoms with Gasteiger partial charge in [0.25, 0.3) is 0 Å². The van der Waals surface area contributed by atoms with E-state index in [0.717, 1.165) is 12.1 Å². The zero-order valence-corrected chi connectivity index (χ0v) is 13.5. The summed E-state index contributed by atoms with van der Waals surface area (Å²) in [5, 5.41) is 8.27. The molecule has 11 heteroatoms. The quantitative estimate of drug-likeness (QED) is 0.297. The van der Waals surface area contributed by atoms with E-state index in [1.165, 1.54) is 12.3 Å². The van der Waals surface area contributed by atoms with E-state index < -0.39 is 49.8 Å². The van der Waals surface area contributed by atoms with Crippen LogP contribution in [-0.4, -0.2) is 18.6 Å². The Kier molecular flexibility index (Phi) is 4.26. The second-order valence-electron chi connectivity index (χ2n) is 5.12. The summed E-state index contributed by atoms with van der Waals surface area (Å²) in [6.07, 6.45) is 1.24. The number of aromatic nitrogens is 2. The molecular weight excluding hydrogens is 383 g/mol. The van der Waals surface area contributed by atoms with Crippen LogP contribution in [0.25, 0.3) is 10.8 Å². The lowest BCUT2D eigenvalue weighted by Crippen LogP contribution is -2.14. The predicted octanol–water partition coefficient (Wildman–Crippen LogP) is 3.40. The highest BCUT2D eigenvalue weighted by molar-refractivity contribution is 7.87. The smallest absolute Gasteiger partial charge is 0.339 e. The normalized spacial score (nSPS) is 11.8. The topological polar surface area (TPSA) is 69.2 Å². The van der Waals surface area contributed by atoms with Crippen LogP contribution in [0, 0.1) is 36.0 Å². The molecule has 0 fully saturated rings. The van der Waals surface area contributed by atoms with Gasteiger partial charge in [-0.05, 0) is 19.1 Å². The molecule has 0 N–H and O–H groups in total. The van der Waals surface area contributed by atoms with Gasteiger partial charge in [0.15, 0.2) is 0 Å². The molecule has 0 unspecified atom stereocenters. The van der Waals surface area contributed by atoms with E-state index >= 15 is 0 Å². The van der Waals surface area contributed by atoms with Crippen molar-refractivity contribution >= 4 is 20.9 Å². The molecule has 1 heterocycles. The molecule has 2 aromatic carbocycles. The van der Waals surface area contributed by atoms with Gasteiger partial charge in [-0.2, -0.15) is 27.4 Å².